The zero-order chi connectivity index (χ0) is 37.3. The van der Waals surface area contributed by atoms with Crippen LogP contribution in [-0.2, 0) is 18.9 Å². The molecule has 1 aromatic rings. The molecule has 1 aromatic carbocycles. The molecule has 50 heavy (non-hydrogen) atoms. The quantitative estimate of drug-likeness (QED) is 0.0482. The SMILES string of the molecule is CCCCCCC(C)OC(=O)c1cc(C(=O)OC(C)CCCCCC)c(C(=O)OC(C)CCCCCC)cc1C(=O)OC(C)CCCCCC. The van der Waals surface area contributed by atoms with Gasteiger partial charge in [0, 0.05) is 0 Å². The molecule has 0 aliphatic carbocycles. The maximum Gasteiger partial charge on any atom is 0.339 e. The van der Waals surface area contributed by atoms with E-state index >= 15 is 0 Å². The van der Waals surface area contributed by atoms with Crippen molar-refractivity contribution in [2.75, 3.05) is 0 Å². The Kier molecular flexibility index (Phi) is 24.2. The van der Waals surface area contributed by atoms with E-state index in [9.17, 15) is 19.2 Å². The standard InChI is InChI=1S/C42H70O8/c1-9-13-17-21-25-31(5)47-39(43)35-29-37(41(45)49-33(7)27-23-19-15-11-3)38(42(46)50-34(8)28-24-20-16-12-4)30-36(35)40(44)48-32(6)26-22-18-14-10-2/h29-34H,9-28H2,1-8H3. The lowest BCUT2D eigenvalue weighted by Gasteiger charge is -2.20. The largest absolute Gasteiger partial charge is 0.459 e. The van der Waals surface area contributed by atoms with E-state index in [2.05, 4.69) is 27.7 Å². The van der Waals surface area contributed by atoms with Crippen molar-refractivity contribution < 1.29 is 38.1 Å². The first kappa shape index (κ1) is 45.1. The first-order chi connectivity index (χ1) is 24.0. The summed E-state index contributed by atoms with van der Waals surface area (Å²) >= 11 is 0. The first-order valence-electron chi connectivity index (χ1n) is 20.0. The summed E-state index contributed by atoms with van der Waals surface area (Å²) in [5.74, 6) is -2.99. The monoisotopic (exact) mass is 703 g/mol. The van der Waals surface area contributed by atoms with Gasteiger partial charge in [-0.05, 0) is 91.2 Å². The highest BCUT2D eigenvalue weighted by Crippen LogP contribution is 2.25. The number of rotatable bonds is 28. The molecule has 0 aliphatic rings. The number of hydrogen-bond acceptors (Lipinski definition) is 8. The normalized spacial score (nSPS) is 13.6. The van der Waals surface area contributed by atoms with Crippen LogP contribution in [0.15, 0.2) is 12.1 Å². The number of unbranched alkanes of at least 4 members (excludes halogenated alkanes) is 12. The molecule has 0 radical (unpaired) electrons. The smallest absolute Gasteiger partial charge is 0.339 e. The predicted octanol–water partition coefficient (Wildman–Crippen LogP) is 11.7. The van der Waals surface area contributed by atoms with Gasteiger partial charge in [0.25, 0.3) is 0 Å². The van der Waals surface area contributed by atoms with E-state index in [1.54, 1.807) is 0 Å². The lowest BCUT2D eigenvalue weighted by molar-refractivity contribution is 0.0254. The Labute approximate surface area is 304 Å². The Bertz CT molecular complexity index is 959. The summed E-state index contributed by atoms with van der Waals surface area (Å²) in [7, 11) is 0. The number of hydrogen-bond donors (Lipinski definition) is 0. The van der Waals surface area contributed by atoms with E-state index in [1.165, 1.54) is 12.1 Å². The Morgan fingerprint density at radius 1 is 0.380 bits per heavy atom. The molecular formula is C42H70O8. The summed E-state index contributed by atoms with van der Waals surface area (Å²) in [6.45, 7) is 15.8. The van der Waals surface area contributed by atoms with E-state index in [-0.39, 0.29) is 22.3 Å². The topological polar surface area (TPSA) is 105 Å². The molecule has 0 aliphatic heterocycles. The van der Waals surface area contributed by atoms with Crippen LogP contribution < -0.4 is 0 Å². The molecule has 4 atom stereocenters. The Hall–Kier alpha value is -2.90. The van der Waals surface area contributed by atoms with Crippen molar-refractivity contribution in [1.82, 2.24) is 0 Å². The van der Waals surface area contributed by atoms with Crippen LogP contribution in [0.5, 0.6) is 0 Å². The highest BCUT2D eigenvalue weighted by atomic mass is 16.6. The van der Waals surface area contributed by atoms with Crippen LogP contribution in [0.2, 0.25) is 0 Å². The van der Waals surface area contributed by atoms with Gasteiger partial charge in [-0.25, -0.2) is 19.2 Å². The molecule has 0 fully saturated rings. The summed E-state index contributed by atoms with van der Waals surface area (Å²) in [4.78, 5) is 54.9. The van der Waals surface area contributed by atoms with Gasteiger partial charge in [0.1, 0.15) is 0 Å². The summed E-state index contributed by atoms with van der Waals surface area (Å²) < 4.78 is 23.2. The third-order valence-electron chi connectivity index (χ3n) is 9.13. The molecule has 8 heteroatoms. The van der Waals surface area contributed by atoms with Gasteiger partial charge in [-0.15, -0.1) is 0 Å². The maximum atomic E-state index is 13.7. The van der Waals surface area contributed by atoms with Gasteiger partial charge < -0.3 is 18.9 Å². The fourth-order valence-electron chi connectivity index (χ4n) is 5.93. The predicted molar refractivity (Wildman–Crippen MR) is 201 cm³/mol. The number of carbonyl (C=O) groups excluding carboxylic acids is 4. The minimum absolute atomic E-state index is 0.125. The lowest BCUT2D eigenvalue weighted by Crippen LogP contribution is -2.25. The van der Waals surface area contributed by atoms with Crippen molar-refractivity contribution >= 4 is 23.9 Å². The summed E-state index contributed by atoms with van der Waals surface area (Å²) in [5.41, 5.74) is -0.499. The molecule has 0 bridgehead atoms. The molecule has 286 valence electrons. The molecule has 0 saturated carbocycles. The zero-order valence-electron chi connectivity index (χ0n) is 32.9. The average Bonchev–Trinajstić information content (AvgIpc) is 3.08. The third-order valence-corrected chi connectivity index (χ3v) is 9.13. The van der Waals surface area contributed by atoms with Crippen LogP contribution in [0.4, 0.5) is 0 Å². The summed E-state index contributed by atoms with van der Waals surface area (Å²) in [6.07, 6.45) is 17.6. The fourth-order valence-corrected chi connectivity index (χ4v) is 5.93. The minimum atomic E-state index is -0.749. The van der Waals surface area contributed by atoms with Crippen molar-refractivity contribution in [3.05, 3.63) is 34.4 Å². The van der Waals surface area contributed by atoms with E-state index in [4.69, 9.17) is 18.9 Å². The average molecular weight is 703 g/mol. The van der Waals surface area contributed by atoms with Gasteiger partial charge in [0.2, 0.25) is 0 Å². The Morgan fingerprint density at radius 3 is 0.760 bits per heavy atom. The minimum Gasteiger partial charge on any atom is -0.459 e. The molecule has 0 spiro atoms. The lowest BCUT2D eigenvalue weighted by atomic mass is 9.97. The van der Waals surface area contributed by atoms with Crippen LogP contribution in [0.1, 0.15) is 225 Å². The maximum absolute atomic E-state index is 13.7. The van der Waals surface area contributed by atoms with Gasteiger partial charge in [0.15, 0.2) is 0 Å². The highest BCUT2D eigenvalue weighted by molar-refractivity contribution is 6.10. The number of ether oxygens (including phenoxy) is 4. The van der Waals surface area contributed by atoms with Crippen LogP contribution in [0.3, 0.4) is 0 Å². The summed E-state index contributed by atoms with van der Waals surface area (Å²) in [5, 5.41) is 0. The van der Waals surface area contributed by atoms with Crippen molar-refractivity contribution in [3.8, 4) is 0 Å². The molecule has 0 aromatic heterocycles. The van der Waals surface area contributed by atoms with Crippen LogP contribution >= 0.6 is 0 Å². The number of benzene rings is 1. The van der Waals surface area contributed by atoms with Crippen molar-refractivity contribution in [3.63, 3.8) is 0 Å². The number of carbonyl (C=O) groups is 4. The second kappa shape index (κ2) is 26.8. The van der Waals surface area contributed by atoms with E-state index in [0.717, 1.165) is 103 Å². The van der Waals surface area contributed by atoms with E-state index in [0.29, 0.717) is 25.7 Å². The molecule has 0 heterocycles. The molecule has 0 N–H and O–H groups in total. The molecule has 0 amide bonds. The second-order valence-corrected chi connectivity index (χ2v) is 14.2. The zero-order valence-corrected chi connectivity index (χ0v) is 32.9. The van der Waals surface area contributed by atoms with E-state index < -0.39 is 48.3 Å². The Balaban J connectivity index is 3.54. The van der Waals surface area contributed by atoms with E-state index in [1.807, 2.05) is 27.7 Å². The van der Waals surface area contributed by atoms with Crippen molar-refractivity contribution in [1.29, 1.82) is 0 Å². The molecule has 1 rings (SSSR count). The summed E-state index contributed by atoms with van der Waals surface area (Å²) in [6, 6.07) is 2.53. The highest BCUT2D eigenvalue weighted by Gasteiger charge is 2.31. The van der Waals surface area contributed by atoms with Gasteiger partial charge in [0.05, 0.1) is 46.7 Å². The molecule has 0 saturated heterocycles. The molecule has 4 unspecified atom stereocenters. The molecular weight excluding hydrogens is 632 g/mol. The first-order valence-corrected chi connectivity index (χ1v) is 20.0. The van der Waals surface area contributed by atoms with Gasteiger partial charge >= 0.3 is 23.9 Å². The van der Waals surface area contributed by atoms with Gasteiger partial charge in [-0.3, -0.25) is 0 Å². The third kappa shape index (κ3) is 18.4. The Morgan fingerprint density at radius 2 is 0.580 bits per heavy atom. The molecule has 8 nitrogen and oxygen atoms in total. The van der Waals surface area contributed by atoms with Gasteiger partial charge in [-0.2, -0.15) is 0 Å². The van der Waals surface area contributed by atoms with Crippen molar-refractivity contribution in [2.45, 2.75) is 208 Å². The second-order valence-electron chi connectivity index (χ2n) is 14.2. The fraction of sp³-hybridized carbons (Fsp3) is 0.762. The van der Waals surface area contributed by atoms with Crippen LogP contribution in [-0.4, -0.2) is 48.3 Å². The van der Waals surface area contributed by atoms with Crippen LogP contribution in [0, 0.1) is 0 Å². The van der Waals surface area contributed by atoms with Gasteiger partial charge in [-0.1, -0.05) is 105 Å². The van der Waals surface area contributed by atoms with Crippen LogP contribution in [0.25, 0.3) is 0 Å². The number of esters is 4. The van der Waals surface area contributed by atoms with Crippen molar-refractivity contribution in [2.24, 2.45) is 0 Å².